The van der Waals surface area contributed by atoms with Crippen LogP contribution >= 0.6 is 0 Å². The first kappa shape index (κ1) is 13.1. The Morgan fingerprint density at radius 1 is 1.56 bits per heavy atom. The van der Waals surface area contributed by atoms with E-state index in [1.807, 2.05) is 0 Å². The quantitative estimate of drug-likeness (QED) is 0.796. The van der Waals surface area contributed by atoms with E-state index in [4.69, 9.17) is 5.73 Å². The van der Waals surface area contributed by atoms with Gasteiger partial charge in [-0.1, -0.05) is 0 Å². The van der Waals surface area contributed by atoms with E-state index in [-0.39, 0.29) is 11.6 Å². The van der Waals surface area contributed by atoms with Crippen molar-refractivity contribution in [2.75, 3.05) is 13.6 Å². The molecule has 0 atom stereocenters. The Balaban J connectivity index is 3.13. The lowest BCUT2D eigenvalue weighted by atomic mass is 10.1. The summed E-state index contributed by atoms with van der Waals surface area (Å²) in [5.41, 5.74) is 4.93. The molecule has 0 spiro atoms. The van der Waals surface area contributed by atoms with E-state index in [1.54, 1.807) is 25.5 Å². The molecule has 6 nitrogen and oxygen atoms in total. The van der Waals surface area contributed by atoms with Gasteiger partial charge in [0.2, 0.25) is 0 Å². The smallest absolute Gasteiger partial charge is 0.262 e. The maximum Gasteiger partial charge on any atom is 0.262 e. The maximum absolute atomic E-state index is 12.1. The Bertz CT molecular complexity index is 464. The largest absolute Gasteiger partial charge is 0.339 e. The van der Waals surface area contributed by atoms with Gasteiger partial charge in [-0.3, -0.25) is 0 Å². The van der Waals surface area contributed by atoms with Crippen LogP contribution in [0, 0.1) is 0 Å². The van der Waals surface area contributed by atoms with Gasteiger partial charge >= 0.3 is 0 Å². The molecular weight excluding hydrogens is 228 g/mol. The van der Waals surface area contributed by atoms with Gasteiger partial charge in [-0.15, -0.1) is 0 Å². The Kier molecular flexibility index (Phi) is 3.41. The van der Waals surface area contributed by atoms with E-state index in [2.05, 4.69) is 4.98 Å². The topological polar surface area (TPSA) is 81.2 Å². The zero-order valence-corrected chi connectivity index (χ0v) is 10.8. The molecule has 0 amide bonds. The Hall–Kier alpha value is -0.920. The highest BCUT2D eigenvalue weighted by atomic mass is 32.2. The van der Waals surface area contributed by atoms with Crippen LogP contribution in [-0.4, -0.2) is 41.4 Å². The number of sulfonamides is 1. The summed E-state index contributed by atoms with van der Waals surface area (Å²) in [7, 11) is -0.333. The van der Waals surface area contributed by atoms with Crippen molar-refractivity contribution >= 4 is 10.0 Å². The van der Waals surface area contributed by atoms with E-state index < -0.39 is 15.6 Å². The van der Waals surface area contributed by atoms with Crippen LogP contribution in [0.2, 0.25) is 0 Å². The number of imidazole rings is 1. The minimum absolute atomic E-state index is 0.0408. The molecule has 0 aromatic carbocycles. The van der Waals surface area contributed by atoms with Crippen LogP contribution in [0.4, 0.5) is 0 Å². The molecule has 0 fully saturated rings. The van der Waals surface area contributed by atoms with Crippen molar-refractivity contribution in [2.45, 2.75) is 24.4 Å². The number of nitrogens with two attached hydrogens (primary N) is 1. The highest BCUT2D eigenvalue weighted by Gasteiger charge is 2.34. The fraction of sp³-hybridized carbons (Fsp3) is 0.667. The van der Waals surface area contributed by atoms with E-state index in [0.29, 0.717) is 0 Å². The van der Waals surface area contributed by atoms with Crippen molar-refractivity contribution in [3.63, 3.8) is 0 Å². The van der Waals surface area contributed by atoms with Gasteiger partial charge in [-0.2, -0.15) is 4.31 Å². The molecule has 0 aliphatic rings. The molecule has 0 saturated heterocycles. The number of hydrogen-bond donors (Lipinski definition) is 1. The molecule has 7 heteroatoms. The molecule has 0 unspecified atom stereocenters. The van der Waals surface area contributed by atoms with Crippen LogP contribution in [0.15, 0.2) is 17.6 Å². The van der Waals surface area contributed by atoms with Crippen molar-refractivity contribution < 1.29 is 8.42 Å². The Morgan fingerprint density at radius 2 is 2.12 bits per heavy atom. The van der Waals surface area contributed by atoms with E-state index in [0.717, 1.165) is 0 Å². The van der Waals surface area contributed by atoms with Crippen LogP contribution in [0.25, 0.3) is 0 Å². The van der Waals surface area contributed by atoms with Gasteiger partial charge in [0.1, 0.15) is 0 Å². The second kappa shape index (κ2) is 4.15. The first-order chi connectivity index (χ1) is 7.21. The third-order valence-electron chi connectivity index (χ3n) is 2.66. The lowest BCUT2D eigenvalue weighted by Gasteiger charge is -2.32. The van der Waals surface area contributed by atoms with Crippen molar-refractivity contribution in [3.8, 4) is 0 Å². The molecule has 0 aliphatic heterocycles. The van der Waals surface area contributed by atoms with Gasteiger partial charge in [0, 0.05) is 32.4 Å². The summed E-state index contributed by atoms with van der Waals surface area (Å²) in [5.74, 6) is 0. The summed E-state index contributed by atoms with van der Waals surface area (Å²) in [5, 5.41) is 0.0408. The van der Waals surface area contributed by atoms with Crippen LogP contribution in [-0.2, 0) is 17.1 Å². The summed E-state index contributed by atoms with van der Waals surface area (Å²) in [6, 6.07) is 0. The monoisotopic (exact) mass is 246 g/mol. The standard InChI is InChI=1S/C9H18N4O2S/c1-9(2,6-10)13(4)16(14,15)8-5-12(3)7-11-8/h5,7H,6,10H2,1-4H3. The minimum Gasteiger partial charge on any atom is -0.339 e. The molecule has 1 aromatic rings. The molecular formula is C9H18N4O2S. The number of likely N-dealkylation sites (N-methyl/N-ethyl adjacent to an activating group) is 1. The summed E-state index contributed by atoms with van der Waals surface area (Å²) in [6.45, 7) is 3.79. The predicted molar refractivity (Wildman–Crippen MR) is 61.3 cm³/mol. The van der Waals surface area contributed by atoms with E-state index >= 15 is 0 Å². The Labute approximate surface area is 96.1 Å². The summed E-state index contributed by atoms with van der Waals surface area (Å²) in [6.07, 6.45) is 2.93. The summed E-state index contributed by atoms with van der Waals surface area (Å²) < 4.78 is 27.1. The van der Waals surface area contributed by atoms with Gasteiger partial charge in [0.15, 0.2) is 5.03 Å². The third kappa shape index (κ3) is 2.26. The molecule has 0 saturated carbocycles. The fourth-order valence-electron chi connectivity index (χ4n) is 1.12. The van der Waals surface area contributed by atoms with E-state index in [9.17, 15) is 8.42 Å². The predicted octanol–water partition coefficient (Wildman–Crippen LogP) is -0.222. The van der Waals surface area contributed by atoms with Crippen molar-refractivity contribution in [1.82, 2.24) is 13.9 Å². The second-order valence-corrected chi connectivity index (χ2v) is 6.28. The zero-order chi connectivity index (χ0) is 12.6. The average Bonchev–Trinajstić information content (AvgIpc) is 2.64. The normalized spacial score (nSPS) is 13.4. The van der Waals surface area contributed by atoms with Gasteiger partial charge in [0.25, 0.3) is 10.0 Å². The van der Waals surface area contributed by atoms with Gasteiger partial charge < -0.3 is 10.3 Å². The molecule has 0 bridgehead atoms. The average molecular weight is 246 g/mol. The molecule has 92 valence electrons. The maximum atomic E-state index is 12.1. The lowest BCUT2D eigenvalue weighted by Crippen LogP contribution is -2.49. The number of rotatable bonds is 4. The molecule has 1 heterocycles. The molecule has 2 N–H and O–H groups in total. The molecule has 1 rings (SSSR count). The molecule has 0 aliphatic carbocycles. The highest BCUT2D eigenvalue weighted by Crippen LogP contribution is 2.20. The Morgan fingerprint density at radius 3 is 2.50 bits per heavy atom. The number of nitrogens with zero attached hydrogens (tertiary/aromatic N) is 3. The van der Waals surface area contributed by atoms with E-state index in [1.165, 1.54) is 23.9 Å². The number of aromatic nitrogens is 2. The van der Waals surface area contributed by atoms with Gasteiger partial charge in [-0.05, 0) is 13.8 Å². The van der Waals surface area contributed by atoms with Gasteiger partial charge in [-0.25, -0.2) is 13.4 Å². The summed E-state index contributed by atoms with van der Waals surface area (Å²) in [4.78, 5) is 3.85. The fourth-order valence-corrected chi connectivity index (χ4v) is 2.60. The second-order valence-electron chi connectivity index (χ2n) is 4.37. The third-order valence-corrected chi connectivity index (χ3v) is 4.61. The van der Waals surface area contributed by atoms with Crippen LogP contribution in [0.5, 0.6) is 0 Å². The van der Waals surface area contributed by atoms with Crippen molar-refractivity contribution in [3.05, 3.63) is 12.5 Å². The molecule has 0 radical (unpaired) electrons. The van der Waals surface area contributed by atoms with Crippen LogP contribution in [0.1, 0.15) is 13.8 Å². The van der Waals surface area contributed by atoms with Gasteiger partial charge in [0.05, 0.1) is 6.33 Å². The number of hydrogen-bond acceptors (Lipinski definition) is 4. The summed E-state index contributed by atoms with van der Waals surface area (Å²) >= 11 is 0. The first-order valence-electron chi connectivity index (χ1n) is 4.89. The molecule has 16 heavy (non-hydrogen) atoms. The zero-order valence-electron chi connectivity index (χ0n) is 10.0. The minimum atomic E-state index is -3.57. The van der Waals surface area contributed by atoms with Crippen molar-refractivity contribution in [1.29, 1.82) is 0 Å². The van der Waals surface area contributed by atoms with Crippen LogP contribution < -0.4 is 5.73 Å². The van der Waals surface area contributed by atoms with Crippen molar-refractivity contribution in [2.24, 2.45) is 12.8 Å². The highest BCUT2D eigenvalue weighted by molar-refractivity contribution is 7.89. The lowest BCUT2D eigenvalue weighted by molar-refractivity contribution is 0.273. The SMILES string of the molecule is CN(C(C)(C)CN)S(=O)(=O)c1cn(C)cn1. The first-order valence-corrected chi connectivity index (χ1v) is 6.33. The number of aryl methyl sites for hydroxylation is 1. The van der Waals surface area contributed by atoms with Crippen LogP contribution in [0.3, 0.4) is 0 Å². The molecule has 1 aromatic heterocycles.